The molecule has 6 heteroatoms. The lowest BCUT2D eigenvalue weighted by molar-refractivity contribution is -0.118. The molecule has 0 aromatic heterocycles. The lowest BCUT2D eigenvalue weighted by Gasteiger charge is -2.28. The quantitative estimate of drug-likeness (QED) is 0.752. The van der Waals surface area contributed by atoms with Gasteiger partial charge in [0.1, 0.15) is 5.75 Å². The predicted octanol–water partition coefficient (Wildman–Crippen LogP) is 4.86. The summed E-state index contributed by atoms with van der Waals surface area (Å²) in [6, 6.07) is 13.1. The number of anilines is 1. The molecule has 2 aromatic rings. The number of carbonyl (C=O) groups excluding carboxylic acids is 2. The molecule has 146 valence electrons. The molecule has 5 nitrogen and oxygen atoms in total. The molecule has 1 heterocycles. The molecular weight excluding hydrogens is 378 g/mol. The molecule has 0 aliphatic carbocycles. The molecule has 28 heavy (non-hydrogen) atoms. The average Bonchev–Trinajstić information content (AvgIpc) is 2.93. The van der Waals surface area contributed by atoms with Crippen LogP contribution in [0.25, 0.3) is 0 Å². The summed E-state index contributed by atoms with van der Waals surface area (Å²) in [7, 11) is 1.55. The fourth-order valence-corrected chi connectivity index (χ4v) is 3.61. The van der Waals surface area contributed by atoms with Crippen LogP contribution in [0.5, 0.6) is 5.75 Å². The number of methoxy groups -OCH3 is 1. The summed E-state index contributed by atoms with van der Waals surface area (Å²) < 4.78 is 5.17. The molecule has 1 aliphatic heterocycles. The van der Waals surface area contributed by atoms with E-state index in [0.29, 0.717) is 22.0 Å². The smallest absolute Gasteiger partial charge is 0.294 e. The van der Waals surface area contributed by atoms with Gasteiger partial charge in [0.15, 0.2) is 11.5 Å². The van der Waals surface area contributed by atoms with Gasteiger partial charge in [-0.3, -0.25) is 14.5 Å². The Hall–Kier alpha value is -2.79. The Morgan fingerprint density at radius 2 is 1.82 bits per heavy atom. The van der Waals surface area contributed by atoms with Gasteiger partial charge in [-0.05, 0) is 41.8 Å². The SMILES string of the molecule is COc1ccc(N2C(=O)C(O)=C(C(=O)CC(C)C)C2c2ccccc2Cl)cc1. The van der Waals surface area contributed by atoms with E-state index in [1.807, 2.05) is 13.8 Å². The first-order valence-corrected chi connectivity index (χ1v) is 9.41. The van der Waals surface area contributed by atoms with Crippen LogP contribution >= 0.6 is 11.6 Å². The third-order valence-electron chi connectivity index (χ3n) is 4.65. The van der Waals surface area contributed by atoms with Gasteiger partial charge in [0.2, 0.25) is 0 Å². The summed E-state index contributed by atoms with van der Waals surface area (Å²) in [5.74, 6) is -0.682. The number of ketones is 1. The van der Waals surface area contributed by atoms with E-state index in [1.165, 1.54) is 4.90 Å². The van der Waals surface area contributed by atoms with Crippen molar-refractivity contribution in [1.29, 1.82) is 0 Å². The Labute approximate surface area is 169 Å². The zero-order chi connectivity index (χ0) is 20.4. The summed E-state index contributed by atoms with van der Waals surface area (Å²) in [6.45, 7) is 3.83. The number of benzene rings is 2. The minimum Gasteiger partial charge on any atom is -0.503 e. The molecule has 0 saturated carbocycles. The van der Waals surface area contributed by atoms with E-state index < -0.39 is 17.7 Å². The summed E-state index contributed by atoms with van der Waals surface area (Å²) in [5, 5.41) is 11.0. The van der Waals surface area contributed by atoms with Crippen LogP contribution in [0, 0.1) is 5.92 Å². The predicted molar refractivity (Wildman–Crippen MR) is 109 cm³/mol. The van der Waals surface area contributed by atoms with Gasteiger partial charge in [-0.15, -0.1) is 0 Å². The second kappa shape index (κ2) is 8.07. The number of aliphatic hydroxyl groups excluding tert-OH is 1. The third-order valence-corrected chi connectivity index (χ3v) is 5.00. The van der Waals surface area contributed by atoms with Crippen molar-refractivity contribution in [3.63, 3.8) is 0 Å². The Balaban J connectivity index is 2.15. The number of halogens is 1. The summed E-state index contributed by atoms with van der Waals surface area (Å²) >= 11 is 6.40. The number of nitrogens with zero attached hydrogens (tertiary/aromatic N) is 1. The number of hydrogen-bond donors (Lipinski definition) is 1. The molecule has 0 saturated heterocycles. The van der Waals surface area contributed by atoms with Gasteiger partial charge in [-0.25, -0.2) is 0 Å². The third kappa shape index (κ3) is 3.62. The Bertz CT molecular complexity index is 934. The maximum atomic E-state index is 12.9. The number of rotatable bonds is 6. The van der Waals surface area contributed by atoms with Crippen LogP contribution in [-0.2, 0) is 9.59 Å². The zero-order valence-electron chi connectivity index (χ0n) is 16.0. The largest absolute Gasteiger partial charge is 0.503 e. The van der Waals surface area contributed by atoms with Crippen LogP contribution in [0.3, 0.4) is 0 Å². The molecule has 2 aromatic carbocycles. The number of ether oxygens (including phenoxy) is 1. The fourth-order valence-electron chi connectivity index (χ4n) is 3.37. The van der Waals surface area contributed by atoms with Gasteiger partial charge in [0, 0.05) is 17.1 Å². The highest BCUT2D eigenvalue weighted by Crippen LogP contribution is 2.43. The molecule has 3 rings (SSSR count). The van der Waals surface area contributed by atoms with Crippen molar-refractivity contribution >= 4 is 29.0 Å². The van der Waals surface area contributed by atoms with Gasteiger partial charge >= 0.3 is 0 Å². The summed E-state index contributed by atoms with van der Waals surface area (Å²) in [6.07, 6.45) is 0.226. The van der Waals surface area contributed by atoms with Crippen LogP contribution in [-0.4, -0.2) is 23.9 Å². The van der Waals surface area contributed by atoms with Gasteiger partial charge in [0.25, 0.3) is 5.91 Å². The standard InChI is InChI=1S/C22H22ClNO4/c1-13(2)12-18(25)19-20(16-6-4-5-7-17(16)23)24(22(27)21(19)26)14-8-10-15(28-3)11-9-14/h4-11,13,20,26H,12H2,1-3H3. The van der Waals surface area contributed by atoms with Crippen molar-refractivity contribution in [2.75, 3.05) is 12.0 Å². The van der Waals surface area contributed by atoms with Gasteiger partial charge in [0.05, 0.1) is 18.7 Å². The summed E-state index contributed by atoms with van der Waals surface area (Å²) in [5.41, 5.74) is 1.21. The highest BCUT2D eigenvalue weighted by atomic mass is 35.5. The highest BCUT2D eigenvalue weighted by molar-refractivity contribution is 6.31. The van der Waals surface area contributed by atoms with E-state index in [2.05, 4.69) is 0 Å². The first-order valence-electron chi connectivity index (χ1n) is 9.03. The van der Waals surface area contributed by atoms with Crippen molar-refractivity contribution in [2.45, 2.75) is 26.3 Å². The average molecular weight is 400 g/mol. The maximum Gasteiger partial charge on any atom is 0.294 e. The van der Waals surface area contributed by atoms with Crippen molar-refractivity contribution < 1.29 is 19.4 Å². The molecule has 1 atom stereocenters. The van der Waals surface area contributed by atoms with Crippen LogP contribution < -0.4 is 9.64 Å². The molecule has 1 N–H and O–H groups in total. The number of carbonyl (C=O) groups is 2. The summed E-state index contributed by atoms with van der Waals surface area (Å²) in [4.78, 5) is 27.3. The highest BCUT2D eigenvalue weighted by Gasteiger charge is 2.44. The monoisotopic (exact) mass is 399 g/mol. The first-order chi connectivity index (χ1) is 13.3. The van der Waals surface area contributed by atoms with Crippen LogP contribution in [0.2, 0.25) is 5.02 Å². The van der Waals surface area contributed by atoms with Crippen molar-refractivity contribution in [1.82, 2.24) is 0 Å². The molecule has 1 amide bonds. The Kier molecular flexibility index (Phi) is 5.75. The second-order valence-corrected chi connectivity index (χ2v) is 7.49. The van der Waals surface area contributed by atoms with E-state index in [1.54, 1.807) is 55.6 Å². The molecule has 0 radical (unpaired) electrons. The van der Waals surface area contributed by atoms with Gasteiger partial charge in [-0.2, -0.15) is 0 Å². The molecule has 1 unspecified atom stereocenters. The lowest BCUT2D eigenvalue weighted by Crippen LogP contribution is -2.31. The zero-order valence-corrected chi connectivity index (χ0v) is 16.7. The lowest BCUT2D eigenvalue weighted by atomic mass is 9.92. The fraction of sp³-hybridized carbons (Fsp3) is 0.273. The molecule has 1 aliphatic rings. The Morgan fingerprint density at radius 1 is 1.18 bits per heavy atom. The minimum absolute atomic E-state index is 0.0858. The first kappa shape index (κ1) is 20.0. The Morgan fingerprint density at radius 3 is 2.39 bits per heavy atom. The van der Waals surface area contributed by atoms with E-state index in [4.69, 9.17) is 16.3 Å². The van der Waals surface area contributed by atoms with Gasteiger partial charge in [-0.1, -0.05) is 43.6 Å². The van der Waals surface area contributed by atoms with Gasteiger partial charge < -0.3 is 9.84 Å². The van der Waals surface area contributed by atoms with Crippen molar-refractivity contribution in [2.24, 2.45) is 5.92 Å². The number of Topliss-reactive ketones (excluding diaryl/α,β-unsaturated/α-hetero) is 1. The normalized spacial score (nSPS) is 16.8. The molecule has 0 bridgehead atoms. The van der Waals surface area contributed by atoms with E-state index >= 15 is 0 Å². The molecular formula is C22H22ClNO4. The van der Waals surface area contributed by atoms with E-state index in [9.17, 15) is 14.7 Å². The van der Waals surface area contributed by atoms with Crippen molar-refractivity contribution in [3.8, 4) is 5.75 Å². The number of amides is 1. The van der Waals surface area contributed by atoms with Crippen LogP contribution in [0.4, 0.5) is 5.69 Å². The van der Waals surface area contributed by atoms with Crippen molar-refractivity contribution in [3.05, 3.63) is 70.4 Å². The molecule has 0 fully saturated rings. The maximum absolute atomic E-state index is 12.9. The second-order valence-electron chi connectivity index (χ2n) is 7.08. The van der Waals surface area contributed by atoms with E-state index in [0.717, 1.165) is 0 Å². The van der Waals surface area contributed by atoms with Crippen LogP contribution in [0.1, 0.15) is 31.9 Å². The topological polar surface area (TPSA) is 66.8 Å². The number of hydrogen-bond acceptors (Lipinski definition) is 4. The minimum atomic E-state index is -0.791. The van der Waals surface area contributed by atoms with E-state index in [-0.39, 0.29) is 23.7 Å². The molecule has 0 spiro atoms. The number of aliphatic hydroxyl groups is 1. The van der Waals surface area contributed by atoms with Crippen LogP contribution in [0.15, 0.2) is 59.9 Å².